The van der Waals surface area contributed by atoms with Gasteiger partial charge in [-0.3, -0.25) is 4.79 Å². The fraction of sp³-hybridized carbons (Fsp3) is 0.941. The molecule has 0 radical (unpaired) electrons. The van der Waals surface area contributed by atoms with Gasteiger partial charge in [0, 0.05) is 26.2 Å². The minimum absolute atomic E-state index is 0.122. The molecule has 21 heavy (non-hydrogen) atoms. The normalized spacial score (nSPS) is 13.2. The summed E-state index contributed by atoms with van der Waals surface area (Å²) in [5.41, 5.74) is 0. The number of nitrogens with zero attached hydrogens (tertiary/aromatic N) is 2. The van der Waals surface area contributed by atoms with Crippen molar-refractivity contribution < 1.29 is 9.53 Å². The Balaban J connectivity index is 4.53. The maximum absolute atomic E-state index is 12.6. The van der Waals surface area contributed by atoms with E-state index in [0.29, 0.717) is 18.4 Å². The number of ether oxygens (including phenoxy) is 1. The van der Waals surface area contributed by atoms with Gasteiger partial charge in [0.25, 0.3) is 5.91 Å². The third kappa shape index (κ3) is 9.10. The van der Waals surface area contributed by atoms with Gasteiger partial charge in [0.1, 0.15) is 6.10 Å². The summed E-state index contributed by atoms with van der Waals surface area (Å²) in [6, 6.07) is 0. The van der Waals surface area contributed by atoms with Crippen LogP contribution >= 0.6 is 0 Å². The summed E-state index contributed by atoms with van der Waals surface area (Å²) in [6.45, 7) is 19.9. The van der Waals surface area contributed by atoms with Crippen molar-refractivity contribution in [1.82, 2.24) is 9.80 Å². The van der Waals surface area contributed by atoms with E-state index in [9.17, 15) is 4.79 Å². The van der Waals surface area contributed by atoms with E-state index in [0.717, 1.165) is 32.7 Å². The maximum atomic E-state index is 12.6. The molecular formula is C17H36N2O2. The van der Waals surface area contributed by atoms with Crippen molar-refractivity contribution in [3.8, 4) is 0 Å². The smallest absolute Gasteiger partial charge is 0.251 e. The quantitative estimate of drug-likeness (QED) is 0.588. The number of carbonyl (C=O) groups is 1. The molecule has 4 heteroatoms. The van der Waals surface area contributed by atoms with Gasteiger partial charge in [-0.05, 0) is 31.8 Å². The zero-order valence-electron chi connectivity index (χ0n) is 15.2. The van der Waals surface area contributed by atoms with Gasteiger partial charge in [-0.2, -0.15) is 0 Å². The number of hydrogen-bond acceptors (Lipinski definition) is 3. The summed E-state index contributed by atoms with van der Waals surface area (Å²) in [7, 11) is 0. The predicted octanol–water partition coefficient (Wildman–Crippen LogP) is 2.87. The number of amides is 1. The molecule has 0 N–H and O–H groups in total. The molecule has 0 fully saturated rings. The molecular weight excluding hydrogens is 264 g/mol. The summed E-state index contributed by atoms with van der Waals surface area (Å²) in [5.74, 6) is 1.05. The average molecular weight is 300 g/mol. The lowest BCUT2D eigenvalue weighted by molar-refractivity contribution is -0.144. The highest BCUT2D eigenvalue weighted by molar-refractivity contribution is 5.80. The summed E-state index contributed by atoms with van der Waals surface area (Å²) in [6.07, 6.45) is -0.345. The third-order valence-corrected chi connectivity index (χ3v) is 3.51. The minimum atomic E-state index is -0.345. The summed E-state index contributed by atoms with van der Waals surface area (Å²) in [5, 5.41) is 0. The van der Waals surface area contributed by atoms with E-state index < -0.39 is 0 Å². The number of hydrogen-bond donors (Lipinski definition) is 0. The third-order valence-electron chi connectivity index (χ3n) is 3.51. The first kappa shape index (κ1) is 20.4. The Labute approximate surface area is 131 Å². The van der Waals surface area contributed by atoms with Crippen LogP contribution in [0, 0.1) is 11.8 Å². The van der Waals surface area contributed by atoms with E-state index in [4.69, 9.17) is 4.74 Å². The van der Waals surface area contributed by atoms with Crippen molar-refractivity contribution in [1.29, 1.82) is 0 Å². The molecule has 0 aliphatic heterocycles. The van der Waals surface area contributed by atoms with Gasteiger partial charge in [-0.1, -0.05) is 41.5 Å². The van der Waals surface area contributed by atoms with Crippen molar-refractivity contribution in [2.75, 3.05) is 39.3 Å². The molecule has 1 amide bonds. The van der Waals surface area contributed by atoms with Gasteiger partial charge in [0.2, 0.25) is 0 Å². The molecule has 0 unspecified atom stereocenters. The molecule has 0 spiro atoms. The highest BCUT2D eigenvalue weighted by Gasteiger charge is 2.22. The molecule has 0 aromatic heterocycles. The SMILES string of the molecule is CCN(CC)CCN(CC(C)C)C(=O)[C@H](C)OCC(C)C. The van der Waals surface area contributed by atoms with Gasteiger partial charge >= 0.3 is 0 Å². The van der Waals surface area contributed by atoms with Gasteiger partial charge in [-0.15, -0.1) is 0 Å². The molecule has 0 saturated heterocycles. The summed E-state index contributed by atoms with van der Waals surface area (Å²) >= 11 is 0. The van der Waals surface area contributed by atoms with Crippen LogP contribution in [0.1, 0.15) is 48.5 Å². The van der Waals surface area contributed by atoms with E-state index in [1.165, 1.54) is 0 Å². The minimum Gasteiger partial charge on any atom is -0.368 e. The first-order valence-electron chi connectivity index (χ1n) is 8.44. The second-order valence-corrected chi connectivity index (χ2v) is 6.57. The zero-order chi connectivity index (χ0) is 16.4. The predicted molar refractivity (Wildman–Crippen MR) is 89.5 cm³/mol. The Bertz CT molecular complexity index is 276. The molecule has 0 aliphatic rings. The largest absolute Gasteiger partial charge is 0.368 e. The highest BCUT2D eigenvalue weighted by atomic mass is 16.5. The van der Waals surface area contributed by atoms with Crippen LogP contribution in [0.15, 0.2) is 0 Å². The molecule has 126 valence electrons. The van der Waals surface area contributed by atoms with E-state index in [-0.39, 0.29) is 12.0 Å². The fourth-order valence-electron chi connectivity index (χ4n) is 2.20. The Hall–Kier alpha value is -0.610. The number of carbonyl (C=O) groups excluding carboxylic acids is 1. The lowest BCUT2D eigenvalue weighted by Crippen LogP contribution is -2.45. The number of rotatable bonds is 11. The average Bonchev–Trinajstić information content (AvgIpc) is 2.43. The van der Waals surface area contributed by atoms with E-state index in [1.54, 1.807) is 0 Å². The van der Waals surface area contributed by atoms with Crippen LogP contribution in [0.25, 0.3) is 0 Å². The van der Waals surface area contributed by atoms with Gasteiger partial charge in [0.15, 0.2) is 0 Å². The standard InChI is InChI=1S/C17H36N2O2/c1-8-18(9-2)10-11-19(12-14(3)4)17(20)16(7)21-13-15(5)6/h14-16H,8-13H2,1-7H3/t16-/m0/s1. The van der Waals surface area contributed by atoms with Gasteiger partial charge in [-0.25, -0.2) is 0 Å². The molecule has 0 aliphatic carbocycles. The van der Waals surface area contributed by atoms with Gasteiger partial charge < -0.3 is 14.5 Å². The molecule has 0 saturated carbocycles. The lowest BCUT2D eigenvalue weighted by Gasteiger charge is -2.30. The first-order valence-corrected chi connectivity index (χ1v) is 8.44. The number of likely N-dealkylation sites (N-methyl/N-ethyl adjacent to an activating group) is 1. The summed E-state index contributed by atoms with van der Waals surface area (Å²) in [4.78, 5) is 16.9. The molecule has 1 atom stereocenters. The van der Waals surface area contributed by atoms with E-state index in [2.05, 4.69) is 46.4 Å². The van der Waals surface area contributed by atoms with E-state index >= 15 is 0 Å². The molecule has 0 bridgehead atoms. The Kier molecular flexibility index (Phi) is 10.7. The van der Waals surface area contributed by atoms with Crippen LogP contribution in [0.4, 0.5) is 0 Å². The van der Waals surface area contributed by atoms with Crippen molar-refractivity contribution in [3.05, 3.63) is 0 Å². The van der Waals surface area contributed by atoms with Crippen LogP contribution in [-0.4, -0.2) is 61.1 Å². The zero-order valence-corrected chi connectivity index (χ0v) is 15.2. The van der Waals surface area contributed by atoms with Crippen LogP contribution in [0.2, 0.25) is 0 Å². The Morgan fingerprint density at radius 2 is 1.52 bits per heavy atom. The fourth-order valence-corrected chi connectivity index (χ4v) is 2.20. The molecule has 0 heterocycles. The second-order valence-electron chi connectivity index (χ2n) is 6.57. The van der Waals surface area contributed by atoms with Gasteiger partial charge in [0.05, 0.1) is 0 Å². The lowest BCUT2D eigenvalue weighted by atomic mass is 10.2. The topological polar surface area (TPSA) is 32.8 Å². The molecule has 0 aromatic carbocycles. The second kappa shape index (κ2) is 11.0. The Morgan fingerprint density at radius 3 is 1.95 bits per heavy atom. The first-order chi connectivity index (χ1) is 9.81. The monoisotopic (exact) mass is 300 g/mol. The van der Waals surface area contributed by atoms with Crippen LogP contribution in [-0.2, 0) is 9.53 Å². The molecule has 4 nitrogen and oxygen atoms in total. The molecule has 0 rings (SSSR count). The van der Waals surface area contributed by atoms with Crippen LogP contribution < -0.4 is 0 Å². The maximum Gasteiger partial charge on any atom is 0.251 e. The van der Waals surface area contributed by atoms with Crippen molar-refractivity contribution >= 4 is 5.91 Å². The van der Waals surface area contributed by atoms with Crippen molar-refractivity contribution in [3.63, 3.8) is 0 Å². The van der Waals surface area contributed by atoms with Crippen LogP contribution in [0.3, 0.4) is 0 Å². The Morgan fingerprint density at radius 1 is 0.952 bits per heavy atom. The van der Waals surface area contributed by atoms with Crippen LogP contribution in [0.5, 0.6) is 0 Å². The van der Waals surface area contributed by atoms with Crippen molar-refractivity contribution in [2.45, 2.75) is 54.6 Å². The van der Waals surface area contributed by atoms with Crippen molar-refractivity contribution in [2.24, 2.45) is 11.8 Å². The molecule has 0 aromatic rings. The highest BCUT2D eigenvalue weighted by Crippen LogP contribution is 2.06. The summed E-state index contributed by atoms with van der Waals surface area (Å²) < 4.78 is 5.68. The van der Waals surface area contributed by atoms with E-state index in [1.807, 2.05) is 11.8 Å².